The van der Waals surface area contributed by atoms with Gasteiger partial charge in [0.1, 0.15) is 0 Å². The van der Waals surface area contributed by atoms with Crippen LogP contribution in [0.1, 0.15) is 17.7 Å². The molecule has 0 spiro atoms. The SMILES string of the molecule is COC[C@H](O)CN1CCC(NC(=O)CSCc2cccs2)CC1. The molecule has 2 heterocycles. The van der Waals surface area contributed by atoms with Gasteiger partial charge in [-0.15, -0.1) is 23.1 Å². The number of aliphatic hydroxyl groups is 1. The minimum absolute atomic E-state index is 0.129. The second kappa shape index (κ2) is 10.3. The Morgan fingerprint density at radius 1 is 1.57 bits per heavy atom. The van der Waals surface area contributed by atoms with Gasteiger partial charge in [0.15, 0.2) is 0 Å². The molecule has 1 aromatic rings. The molecule has 1 aliphatic rings. The van der Waals surface area contributed by atoms with Crippen LogP contribution < -0.4 is 5.32 Å². The van der Waals surface area contributed by atoms with Gasteiger partial charge >= 0.3 is 0 Å². The van der Waals surface area contributed by atoms with E-state index in [-0.39, 0.29) is 11.9 Å². The first-order chi connectivity index (χ1) is 11.2. The number of methoxy groups -OCH3 is 1. The number of hydrogen-bond donors (Lipinski definition) is 2. The van der Waals surface area contributed by atoms with Crippen LogP contribution in [0.15, 0.2) is 17.5 Å². The van der Waals surface area contributed by atoms with Crippen LogP contribution in [0.4, 0.5) is 0 Å². The number of thiophene rings is 1. The molecule has 2 rings (SSSR count). The fraction of sp³-hybridized carbons (Fsp3) is 0.688. The first kappa shape index (κ1) is 18.7. The van der Waals surface area contributed by atoms with Gasteiger partial charge in [-0.2, -0.15) is 0 Å². The average molecular weight is 359 g/mol. The summed E-state index contributed by atoms with van der Waals surface area (Å²) >= 11 is 3.39. The highest BCUT2D eigenvalue weighted by Gasteiger charge is 2.22. The Morgan fingerprint density at radius 2 is 2.35 bits per heavy atom. The van der Waals surface area contributed by atoms with Crippen LogP contribution in [0.25, 0.3) is 0 Å². The molecule has 5 nitrogen and oxygen atoms in total. The van der Waals surface area contributed by atoms with E-state index in [0.29, 0.717) is 18.9 Å². The number of nitrogens with zero attached hydrogens (tertiary/aromatic N) is 1. The summed E-state index contributed by atoms with van der Waals surface area (Å²) < 4.78 is 4.95. The topological polar surface area (TPSA) is 61.8 Å². The smallest absolute Gasteiger partial charge is 0.230 e. The number of β-amino-alcohol motifs (C(OH)–C–C–N with tert-alkyl or cyclic N) is 1. The van der Waals surface area contributed by atoms with Crippen molar-refractivity contribution in [2.24, 2.45) is 0 Å². The highest BCUT2D eigenvalue weighted by molar-refractivity contribution is 7.99. The van der Waals surface area contributed by atoms with Crippen molar-refractivity contribution in [2.75, 3.05) is 39.1 Å². The highest BCUT2D eigenvalue weighted by Crippen LogP contribution is 2.17. The Hall–Kier alpha value is -0.600. The van der Waals surface area contributed by atoms with E-state index in [2.05, 4.69) is 21.7 Å². The van der Waals surface area contributed by atoms with E-state index in [0.717, 1.165) is 31.7 Å². The molecule has 7 heteroatoms. The molecule has 0 unspecified atom stereocenters. The summed E-state index contributed by atoms with van der Waals surface area (Å²) in [5.74, 6) is 1.55. The molecule has 0 aromatic carbocycles. The molecular weight excluding hydrogens is 332 g/mol. The lowest BCUT2D eigenvalue weighted by Gasteiger charge is -2.33. The number of thioether (sulfide) groups is 1. The summed E-state index contributed by atoms with van der Waals surface area (Å²) in [6.45, 7) is 2.84. The molecule has 2 N–H and O–H groups in total. The van der Waals surface area contributed by atoms with Gasteiger partial charge in [-0.05, 0) is 24.3 Å². The van der Waals surface area contributed by atoms with E-state index in [1.165, 1.54) is 4.88 Å². The first-order valence-corrected chi connectivity index (χ1v) is 9.99. The minimum atomic E-state index is -0.431. The number of ether oxygens (including phenoxy) is 1. The van der Waals surface area contributed by atoms with Crippen LogP contribution in [0.5, 0.6) is 0 Å². The van der Waals surface area contributed by atoms with Gasteiger partial charge in [0.2, 0.25) is 5.91 Å². The molecule has 1 saturated heterocycles. The van der Waals surface area contributed by atoms with Crippen molar-refractivity contribution in [1.82, 2.24) is 10.2 Å². The van der Waals surface area contributed by atoms with E-state index in [1.807, 2.05) is 6.07 Å². The lowest BCUT2D eigenvalue weighted by molar-refractivity contribution is -0.119. The lowest BCUT2D eigenvalue weighted by atomic mass is 10.0. The molecule has 1 fully saturated rings. The van der Waals surface area contributed by atoms with Gasteiger partial charge in [-0.3, -0.25) is 4.79 Å². The second-order valence-corrected chi connectivity index (χ2v) is 7.84. The van der Waals surface area contributed by atoms with Crippen molar-refractivity contribution in [3.63, 3.8) is 0 Å². The summed E-state index contributed by atoms with van der Waals surface area (Å²) in [5.41, 5.74) is 0. The van der Waals surface area contributed by atoms with Crippen molar-refractivity contribution in [3.8, 4) is 0 Å². The number of carbonyl (C=O) groups excluding carboxylic acids is 1. The number of rotatable bonds is 9. The summed E-state index contributed by atoms with van der Waals surface area (Å²) in [6, 6.07) is 4.40. The molecule has 0 radical (unpaired) electrons. The first-order valence-electron chi connectivity index (χ1n) is 7.96. The lowest BCUT2D eigenvalue weighted by Crippen LogP contribution is -2.47. The van der Waals surface area contributed by atoms with E-state index in [4.69, 9.17) is 4.74 Å². The third-order valence-corrected chi connectivity index (χ3v) is 5.88. The minimum Gasteiger partial charge on any atom is -0.389 e. The largest absolute Gasteiger partial charge is 0.389 e. The Morgan fingerprint density at radius 3 is 3.00 bits per heavy atom. The van der Waals surface area contributed by atoms with Crippen molar-refractivity contribution in [2.45, 2.75) is 30.7 Å². The molecule has 1 aromatic heterocycles. The molecular formula is C16H26N2O3S2. The van der Waals surface area contributed by atoms with Crippen LogP contribution in [0.2, 0.25) is 0 Å². The fourth-order valence-corrected chi connectivity index (χ4v) is 4.39. The fourth-order valence-electron chi connectivity index (χ4n) is 2.71. The zero-order chi connectivity index (χ0) is 16.5. The second-order valence-electron chi connectivity index (χ2n) is 5.82. The quantitative estimate of drug-likeness (QED) is 0.702. The third kappa shape index (κ3) is 7.22. The number of hydrogen-bond acceptors (Lipinski definition) is 6. The third-order valence-electron chi connectivity index (χ3n) is 3.84. The van der Waals surface area contributed by atoms with Gasteiger partial charge in [0.25, 0.3) is 0 Å². The van der Waals surface area contributed by atoms with Gasteiger partial charge in [-0.25, -0.2) is 0 Å². The molecule has 23 heavy (non-hydrogen) atoms. The molecule has 0 bridgehead atoms. The van der Waals surface area contributed by atoms with Crippen molar-refractivity contribution in [1.29, 1.82) is 0 Å². The Labute approximate surface area is 146 Å². The number of aliphatic hydroxyl groups excluding tert-OH is 1. The van der Waals surface area contributed by atoms with Crippen LogP contribution in [-0.2, 0) is 15.3 Å². The maximum atomic E-state index is 12.0. The number of likely N-dealkylation sites (tertiary alicyclic amines) is 1. The van der Waals surface area contributed by atoms with Crippen molar-refractivity contribution < 1.29 is 14.6 Å². The maximum absolute atomic E-state index is 12.0. The number of piperidine rings is 1. The Kier molecular flexibility index (Phi) is 8.39. The molecule has 1 atom stereocenters. The zero-order valence-electron chi connectivity index (χ0n) is 13.6. The standard InChI is InChI=1S/C16H26N2O3S2/c1-21-10-14(19)9-18-6-4-13(5-7-18)17-16(20)12-22-11-15-3-2-8-23-15/h2-3,8,13-14,19H,4-7,9-12H2,1H3,(H,17,20)/t14-/m1/s1. The predicted molar refractivity (Wildman–Crippen MR) is 96.0 cm³/mol. The zero-order valence-corrected chi connectivity index (χ0v) is 15.2. The molecule has 130 valence electrons. The van der Waals surface area contributed by atoms with Gasteiger partial charge in [0, 0.05) is 43.4 Å². The van der Waals surface area contributed by atoms with E-state index < -0.39 is 6.10 Å². The van der Waals surface area contributed by atoms with Crippen molar-refractivity contribution in [3.05, 3.63) is 22.4 Å². The van der Waals surface area contributed by atoms with Crippen LogP contribution in [0.3, 0.4) is 0 Å². The summed E-state index contributed by atoms with van der Waals surface area (Å²) in [5, 5.41) is 14.9. The van der Waals surface area contributed by atoms with E-state index in [1.54, 1.807) is 30.2 Å². The molecule has 1 aliphatic heterocycles. The highest BCUT2D eigenvalue weighted by atomic mass is 32.2. The van der Waals surface area contributed by atoms with Crippen molar-refractivity contribution >= 4 is 29.0 Å². The molecule has 0 saturated carbocycles. The van der Waals surface area contributed by atoms with Crippen LogP contribution in [0, 0.1) is 0 Å². The van der Waals surface area contributed by atoms with Crippen LogP contribution in [-0.4, -0.2) is 67.2 Å². The van der Waals surface area contributed by atoms with Gasteiger partial charge < -0.3 is 20.1 Å². The maximum Gasteiger partial charge on any atom is 0.230 e. The van der Waals surface area contributed by atoms with E-state index in [9.17, 15) is 9.90 Å². The number of amides is 1. The summed E-state index contributed by atoms with van der Waals surface area (Å²) in [4.78, 5) is 15.5. The monoisotopic (exact) mass is 358 g/mol. The predicted octanol–water partition coefficient (Wildman–Crippen LogP) is 1.57. The molecule has 1 amide bonds. The normalized spacial score (nSPS) is 18.0. The van der Waals surface area contributed by atoms with E-state index >= 15 is 0 Å². The summed E-state index contributed by atoms with van der Waals surface area (Å²) in [6.07, 6.45) is 1.46. The number of carbonyl (C=O) groups is 1. The van der Waals surface area contributed by atoms with Gasteiger partial charge in [0.05, 0.1) is 18.5 Å². The molecule has 0 aliphatic carbocycles. The Bertz CT molecular complexity index is 448. The van der Waals surface area contributed by atoms with Gasteiger partial charge in [-0.1, -0.05) is 6.07 Å². The average Bonchev–Trinajstić information content (AvgIpc) is 3.03. The number of nitrogens with one attached hydrogen (secondary N) is 1. The Balaban J connectivity index is 1.57. The van der Waals surface area contributed by atoms with Crippen LogP contribution >= 0.6 is 23.1 Å². The summed E-state index contributed by atoms with van der Waals surface area (Å²) in [7, 11) is 1.60.